The molecule has 1 heterocycles. The van der Waals surface area contributed by atoms with Gasteiger partial charge in [-0.15, -0.1) is 0 Å². The Bertz CT molecular complexity index is 636. The number of nitrogens with two attached hydrogens (primary N) is 1. The summed E-state index contributed by atoms with van der Waals surface area (Å²) in [5.74, 6) is -0.320. The molecule has 2 rings (SSSR count). The molecule has 21 heavy (non-hydrogen) atoms. The number of rotatable bonds is 5. The van der Waals surface area contributed by atoms with E-state index in [9.17, 15) is 4.79 Å². The van der Waals surface area contributed by atoms with E-state index in [4.69, 9.17) is 10.5 Å². The fourth-order valence-electron chi connectivity index (χ4n) is 2.62. The maximum absolute atomic E-state index is 12.5. The number of carbonyl (C=O) groups excluding carboxylic acids is 1. The summed E-state index contributed by atoms with van der Waals surface area (Å²) in [4.78, 5) is 12.5. The van der Waals surface area contributed by atoms with Crippen molar-refractivity contribution < 1.29 is 9.53 Å². The van der Waals surface area contributed by atoms with Crippen LogP contribution in [0.15, 0.2) is 36.7 Å². The highest BCUT2D eigenvalue weighted by molar-refractivity contribution is 5.84. The maximum atomic E-state index is 12.5. The summed E-state index contributed by atoms with van der Waals surface area (Å²) in [6.45, 7) is 2.17. The average molecular weight is 287 g/mol. The number of esters is 1. The van der Waals surface area contributed by atoms with Gasteiger partial charge in [-0.25, -0.2) is 0 Å². The van der Waals surface area contributed by atoms with Crippen LogP contribution in [0.2, 0.25) is 0 Å². The number of methoxy groups -OCH3 is 1. The van der Waals surface area contributed by atoms with E-state index in [0.717, 1.165) is 16.7 Å². The molecule has 0 fully saturated rings. The molecule has 1 aromatic heterocycles. The minimum Gasteiger partial charge on any atom is -0.468 e. The summed E-state index contributed by atoms with van der Waals surface area (Å²) >= 11 is 0. The highest BCUT2D eigenvalue weighted by atomic mass is 16.5. The lowest BCUT2D eigenvalue weighted by molar-refractivity contribution is -0.147. The zero-order chi connectivity index (χ0) is 15.5. The van der Waals surface area contributed by atoms with Crippen molar-refractivity contribution in [2.75, 3.05) is 13.7 Å². The van der Waals surface area contributed by atoms with E-state index >= 15 is 0 Å². The molecule has 0 saturated carbocycles. The van der Waals surface area contributed by atoms with Gasteiger partial charge in [-0.05, 0) is 24.5 Å². The SMILES string of the molecule is COC(=O)C(CN)(Cc1cnn(C)c1)c1cccc(C)c1. The number of aryl methyl sites for hydroxylation is 2. The Kier molecular flexibility index (Phi) is 4.43. The van der Waals surface area contributed by atoms with Gasteiger partial charge in [-0.3, -0.25) is 9.48 Å². The lowest BCUT2D eigenvalue weighted by Gasteiger charge is -2.30. The maximum Gasteiger partial charge on any atom is 0.317 e. The van der Waals surface area contributed by atoms with Crippen molar-refractivity contribution in [1.82, 2.24) is 9.78 Å². The van der Waals surface area contributed by atoms with Crippen molar-refractivity contribution >= 4 is 5.97 Å². The number of aromatic nitrogens is 2. The van der Waals surface area contributed by atoms with Crippen LogP contribution in [0.4, 0.5) is 0 Å². The molecule has 2 aromatic rings. The quantitative estimate of drug-likeness (QED) is 0.843. The van der Waals surface area contributed by atoms with E-state index < -0.39 is 5.41 Å². The minimum absolute atomic E-state index is 0.179. The lowest BCUT2D eigenvalue weighted by Crippen LogP contribution is -2.45. The standard InChI is InChI=1S/C16H21N3O2/c1-12-5-4-6-14(7-12)16(11-17,15(20)21-3)8-13-9-18-19(2)10-13/h4-7,9-10H,8,11,17H2,1-3H3. The summed E-state index contributed by atoms with van der Waals surface area (Å²) < 4.78 is 6.75. The highest BCUT2D eigenvalue weighted by Crippen LogP contribution is 2.30. The van der Waals surface area contributed by atoms with Crippen LogP contribution in [-0.4, -0.2) is 29.4 Å². The summed E-state index contributed by atoms with van der Waals surface area (Å²) in [5.41, 5.74) is 8.02. The molecule has 0 amide bonds. The molecule has 0 aliphatic heterocycles. The van der Waals surface area contributed by atoms with Crippen LogP contribution in [0.5, 0.6) is 0 Å². The third kappa shape index (κ3) is 2.97. The van der Waals surface area contributed by atoms with Gasteiger partial charge >= 0.3 is 5.97 Å². The van der Waals surface area contributed by atoms with Crippen LogP contribution in [0, 0.1) is 6.92 Å². The summed E-state index contributed by atoms with van der Waals surface area (Å²) in [5, 5.41) is 4.16. The summed E-state index contributed by atoms with van der Waals surface area (Å²) in [6, 6.07) is 7.83. The first-order valence-corrected chi connectivity index (χ1v) is 6.85. The number of hydrogen-bond donors (Lipinski definition) is 1. The number of nitrogens with zero attached hydrogens (tertiary/aromatic N) is 2. The molecule has 0 bridgehead atoms. The van der Waals surface area contributed by atoms with Crippen molar-refractivity contribution in [1.29, 1.82) is 0 Å². The molecule has 1 aromatic carbocycles. The molecular weight excluding hydrogens is 266 g/mol. The Morgan fingerprint density at radius 1 is 1.48 bits per heavy atom. The number of ether oxygens (including phenoxy) is 1. The van der Waals surface area contributed by atoms with Gasteiger partial charge in [-0.2, -0.15) is 5.10 Å². The van der Waals surface area contributed by atoms with Crippen LogP contribution in [-0.2, 0) is 28.4 Å². The predicted octanol–water partition coefficient (Wildman–Crippen LogP) is 1.34. The van der Waals surface area contributed by atoms with Gasteiger partial charge in [-0.1, -0.05) is 29.8 Å². The smallest absolute Gasteiger partial charge is 0.317 e. The van der Waals surface area contributed by atoms with Gasteiger partial charge in [0.15, 0.2) is 0 Å². The van der Waals surface area contributed by atoms with Gasteiger partial charge in [0, 0.05) is 19.8 Å². The highest BCUT2D eigenvalue weighted by Gasteiger charge is 2.40. The molecule has 0 spiro atoms. The van der Waals surface area contributed by atoms with Crippen molar-refractivity contribution in [2.45, 2.75) is 18.8 Å². The van der Waals surface area contributed by atoms with E-state index in [1.165, 1.54) is 7.11 Å². The Balaban J connectivity index is 2.50. The van der Waals surface area contributed by atoms with E-state index in [2.05, 4.69) is 5.10 Å². The molecule has 0 aliphatic rings. The van der Waals surface area contributed by atoms with E-state index in [1.54, 1.807) is 10.9 Å². The second-order valence-electron chi connectivity index (χ2n) is 5.35. The molecule has 5 heteroatoms. The first kappa shape index (κ1) is 15.3. The lowest BCUT2D eigenvalue weighted by atomic mass is 9.75. The average Bonchev–Trinajstić information content (AvgIpc) is 2.89. The molecular formula is C16H21N3O2. The van der Waals surface area contributed by atoms with Crippen LogP contribution >= 0.6 is 0 Å². The predicted molar refractivity (Wildman–Crippen MR) is 80.8 cm³/mol. The van der Waals surface area contributed by atoms with E-state index in [-0.39, 0.29) is 12.5 Å². The number of carbonyl (C=O) groups is 1. The zero-order valence-corrected chi connectivity index (χ0v) is 12.7. The molecule has 2 N–H and O–H groups in total. The first-order chi connectivity index (χ1) is 10.0. The molecule has 1 unspecified atom stereocenters. The Morgan fingerprint density at radius 2 is 2.24 bits per heavy atom. The van der Waals surface area contributed by atoms with Crippen LogP contribution < -0.4 is 5.73 Å². The zero-order valence-electron chi connectivity index (χ0n) is 12.7. The second kappa shape index (κ2) is 6.10. The normalized spacial score (nSPS) is 13.7. The number of hydrogen-bond acceptors (Lipinski definition) is 4. The Labute approximate surface area is 124 Å². The molecule has 0 radical (unpaired) electrons. The molecule has 0 aliphatic carbocycles. The second-order valence-corrected chi connectivity index (χ2v) is 5.35. The molecule has 1 atom stereocenters. The molecule has 5 nitrogen and oxygen atoms in total. The van der Waals surface area contributed by atoms with Gasteiger partial charge in [0.2, 0.25) is 0 Å². The monoisotopic (exact) mass is 287 g/mol. The van der Waals surface area contributed by atoms with Gasteiger partial charge in [0.1, 0.15) is 5.41 Å². The van der Waals surface area contributed by atoms with Crippen molar-refractivity contribution in [2.24, 2.45) is 12.8 Å². The van der Waals surface area contributed by atoms with Gasteiger partial charge < -0.3 is 10.5 Å². The third-order valence-electron chi connectivity index (χ3n) is 3.76. The van der Waals surface area contributed by atoms with Crippen molar-refractivity contribution in [3.8, 4) is 0 Å². The fourth-order valence-corrected chi connectivity index (χ4v) is 2.62. The number of benzene rings is 1. The first-order valence-electron chi connectivity index (χ1n) is 6.85. The largest absolute Gasteiger partial charge is 0.468 e. The van der Waals surface area contributed by atoms with Crippen molar-refractivity contribution in [3.63, 3.8) is 0 Å². The summed E-state index contributed by atoms with van der Waals surface area (Å²) in [6.07, 6.45) is 4.11. The molecule has 0 saturated heterocycles. The minimum atomic E-state index is -0.885. The molecule has 112 valence electrons. The fraction of sp³-hybridized carbons (Fsp3) is 0.375. The Hall–Kier alpha value is -2.14. The van der Waals surface area contributed by atoms with Crippen molar-refractivity contribution in [3.05, 3.63) is 53.3 Å². The Morgan fingerprint density at radius 3 is 2.76 bits per heavy atom. The topological polar surface area (TPSA) is 70.1 Å². The van der Waals surface area contributed by atoms with E-state index in [1.807, 2.05) is 44.4 Å². The van der Waals surface area contributed by atoms with E-state index in [0.29, 0.717) is 6.42 Å². The third-order valence-corrected chi connectivity index (χ3v) is 3.76. The van der Waals surface area contributed by atoms with Crippen LogP contribution in [0.3, 0.4) is 0 Å². The van der Waals surface area contributed by atoms with Crippen LogP contribution in [0.25, 0.3) is 0 Å². The summed E-state index contributed by atoms with van der Waals surface area (Å²) in [7, 11) is 3.24. The van der Waals surface area contributed by atoms with Crippen LogP contribution in [0.1, 0.15) is 16.7 Å². The van der Waals surface area contributed by atoms with Gasteiger partial charge in [0.05, 0.1) is 13.3 Å². The van der Waals surface area contributed by atoms with Gasteiger partial charge in [0.25, 0.3) is 0 Å².